The summed E-state index contributed by atoms with van der Waals surface area (Å²) in [5, 5.41) is 3.14. The van der Waals surface area contributed by atoms with E-state index in [1.165, 1.54) is 17.4 Å². The number of hydrogen-bond donors (Lipinski definition) is 2. The standard InChI is InChI=1S/C16H9Cl2N3O3S/c17-8-2-1-7(3-9(8)18)4-13-19-10-5-12(11-6-14(22)21-24-11)25-15(10)16(23)20-13/h1-3,5-6H,4H2,(H,21,22)(H,19,20,23). The van der Waals surface area contributed by atoms with Gasteiger partial charge in [-0.3, -0.25) is 9.59 Å². The van der Waals surface area contributed by atoms with Gasteiger partial charge >= 0.3 is 0 Å². The molecule has 0 saturated carbocycles. The summed E-state index contributed by atoms with van der Waals surface area (Å²) >= 11 is 13.1. The molecule has 0 amide bonds. The predicted octanol–water partition coefficient (Wildman–Crippen LogP) is 3.83. The molecule has 0 radical (unpaired) electrons. The van der Waals surface area contributed by atoms with Crippen molar-refractivity contribution in [2.24, 2.45) is 0 Å². The highest BCUT2D eigenvalue weighted by Gasteiger charge is 2.13. The quantitative estimate of drug-likeness (QED) is 0.553. The van der Waals surface area contributed by atoms with Gasteiger partial charge in [0.05, 0.1) is 26.5 Å². The van der Waals surface area contributed by atoms with Crippen molar-refractivity contribution in [2.75, 3.05) is 0 Å². The number of benzene rings is 1. The third-order valence-corrected chi connectivity index (χ3v) is 5.43. The Balaban J connectivity index is 1.74. The summed E-state index contributed by atoms with van der Waals surface area (Å²) in [7, 11) is 0. The van der Waals surface area contributed by atoms with Gasteiger partial charge in [0.2, 0.25) is 0 Å². The van der Waals surface area contributed by atoms with Crippen LogP contribution in [0.2, 0.25) is 10.0 Å². The van der Waals surface area contributed by atoms with Crippen LogP contribution in [0.15, 0.2) is 44.4 Å². The normalized spacial score (nSPS) is 11.3. The van der Waals surface area contributed by atoms with Gasteiger partial charge in [-0.2, -0.15) is 5.16 Å². The molecular formula is C16H9Cl2N3O3S. The van der Waals surface area contributed by atoms with Gasteiger partial charge in [-0.15, -0.1) is 11.3 Å². The third-order valence-electron chi connectivity index (χ3n) is 3.55. The minimum Gasteiger partial charge on any atom is -0.378 e. The lowest BCUT2D eigenvalue weighted by atomic mass is 10.1. The molecule has 25 heavy (non-hydrogen) atoms. The first-order chi connectivity index (χ1) is 12.0. The van der Waals surface area contributed by atoms with E-state index < -0.39 is 0 Å². The summed E-state index contributed by atoms with van der Waals surface area (Å²) in [6.07, 6.45) is 0.409. The molecule has 3 heterocycles. The molecule has 6 nitrogen and oxygen atoms in total. The molecule has 0 spiro atoms. The van der Waals surface area contributed by atoms with Gasteiger partial charge in [0.1, 0.15) is 10.5 Å². The van der Waals surface area contributed by atoms with E-state index in [0.29, 0.717) is 43.1 Å². The number of nitrogens with one attached hydrogen (secondary N) is 2. The smallest absolute Gasteiger partial charge is 0.280 e. The van der Waals surface area contributed by atoms with Gasteiger partial charge in [0.25, 0.3) is 11.1 Å². The van der Waals surface area contributed by atoms with Crippen LogP contribution >= 0.6 is 34.5 Å². The Morgan fingerprint density at radius 1 is 1.12 bits per heavy atom. The number of rotatable bonds is 3. The highest BCUT2D eigenvalue weighted by molar-refractivity contribution is 7.22. The van der Waals surface area contributed by atoms with Crippen molar-refractivity contribution in [1.82, 2.24) is 15.1 Å². The molecule has 0 aliphatic carbocycles. The van der Waals surface area contributed by atoms with Crippen molar-refractivity contribution in [3.8, 4) is 10.6 Å². The number of thiophene rings is 1. The fourth-order valence-corrected chi connectivity index (χ4v) is 3.71. The summed E-state index contributed by atoms with van der Waals surface area (Å²) < 4.78 is 5.54. The molecule has 2 N–H and O–H groups in total. The van der Waals surface area contributed by atoms with Crippen LogP contribution in [0.4, 0.5) is 0 Å². The molecule has 0 atom stereocenters. The van der Waals surface area contributed by atoms with Crippen molar-refractivity contribution >= 4 is 44.8 Å². The number of hydrogen-bond acceptors (Lipinski definition) is 5. The third kappa shape index (κ3) is 3.13. The lowest BCUT2D eigenvalue weighted by Crippen LogP contribution is -2.10. The van der Waals surface area contributed by atoms with Gasteiger partial charge in [0, 0.05) is 6.42 Å². The maximum absolute atomic E-state index is 12.3. The first-order valence-electron chi connectivity index (χ1n) is 7.15. The molecule has 0 aliphatic rings. The number of fused-ring (bicyclic) bond motifs is 1. The van der Waals surface area contributed by atoms with Gasteiger partial charge < -0.3 is 9.51 Å². The lowest BCUT2D eigenvalue weighted by Gasteiger charge is -2.03. The average molecular weight is 394 g/mol. The van der Waals surface area contributed by atoms with E-state index in [0.717, 1.165) is 5.56 Å². The molecule has 4 rings (SSSR count). The van der Waals surface area contributed by atoms with Crippen LogP contribution in [0.5, 0.6) is 0 Å². The Morgan fingerprint density at radius 2 is 1.96 bits per heavy atom. The highest BCUT2D eigenvalue weighted by atomic mass is 35.5. The van der Waals surface area contributed by atoms with Crippen molar-refractivity contribution in [1.29, 1.82) is 0 Å². The maximum Gasteiger partial charge on any atom is 0.280 e. The summed E-state index contributed by atoms with van der Waals surface area (Å²) in [6.45, 7) is 0. The van der Waals surface area contributed by atoms with Crippen LogP contribution in [-0.4, -0.2) is 15.1 Å². The molecule has 0 saturated heterocycles. The summed E-state index contributed by atoms with van der Waals surface area (Å²) in [5.74, 6) is 0.884. The van der Waals surface area contributed by atoms with Crippen LogP contribution in [-0.2, 0) is 6.42 Å². The fraction of sp³-hybridized carbons (Fsp3) is 0.0625. The van der Waals surface area contributed by atoms with E-state index in [1.54, 1.807) is 18.2 Å². The van der Waals surface area contributed by atoms with Gasteiger partial charge in [-0.25, -0.2) is 4.98 Å². The Bertz CT molecular complexity index is 1210. The molecule has 9 heteroatoms. The van der Waals surface area contributed by atoms with E-state index >= 15 is 0 Å². The second-order valence-corrected chi connectivity index (χ2v) is 7.21. The zero-order chi connectivity index (χ0) is 17.6. The molecule has 0 bridgehead atoms. The zero-order valence-electron chi connectivity index (χ0n) is 12.4. The van der Waals surface area contributed by atoms with Crippen LogP contribution in [0.25, 0.3) is 20.9 Å². The van der Waals surface area contributed by atoms with Gasteiger partial charge in [0.15, 0.2) is 5.76 Å². The van der Waals surface area contributed by atoms with E-state index in [1.807, 2.05) is 6.07 Å². The minimum absolute atomic E-state index is 0.241. The maximum atomic E-state index is 12.3. The van der Waals surface area contributed by atoms with Gasteiger partial charge in [-0.1, -0.05) is 29.3 Å². The minimum atomic E-state index is -0.338. The second kappa shape index (κ2) is 6.18. The van der Waals surface area contributed by atoms with Crippen LogP contribution in [0.1, 0.15) is 11.4 Å². The fourth-order valence-electron chi connectivity index (χ4n) is 2.44. The van der Waals surface area contributed by atoms with Crippen LogP contribution in [0.3, 0.4) is 0 Å². The number of H-pyrrole nitrogens is 2. The summed E-state index contributed by atoms with van der Waals surface area (Å²) in [4.78, 5) is 31.4. The topological polar surface area (TPSA) is 91.8 Å². The van der Waals surface area contributed by atoms with Crippen molar-refractivity contribution in [3.05, 3.63) is 72.5 Å². The monoisotopic (exact) mass is 393 g/mol. The Hall–Kier alpha value is -2.35. The summed E-state index contributed by atoms with van der Waals surface area (Å²) in [6, 6.07) is 8.31. The summed E-state index contributed by atoms with van der Waals surface area (Å²) in [5.41, 5.74) is 0.843. The molecule has 3 aromatic heterocycles. The number of aromatic nitrogens is 3. The molecule has 0 aliphatic heterocycles. The van der Waals surface area contributed by atoms with Crippen molar-refractivity contribution in [3.63, 3.8) is 0 Å². The second-order valence-electron chi connectivity index (χ2n) is 5.34. The Labute approximate surface area is 154 Å². The molecule has 126 valence electrons. The zero-order valence-corrected chi connectivity index (χ0v) is 14.8. The molecule has 4 aromatic rings. The Kier molecular flexibility index (Phi) is 3.99. The van der Waals surface area contributed by atoms with E-state index in [-0.39, 0.29) is 11.1 Å². The SMILES string of the molecule is O=c1cc(-c2cc3nc(Cc4ccc(Cl)c(Cl)c4)[nH]c(=O)c3s2)o[nH]1. The van der Waals surface area contributed by atoms with Crippen molar-refractivity contribution in [2.45, 2.75) is 6.42 Å². The lowest BCUT2D eigenvalue weighted by molar-refractivity contribution is 0.426. The average Bonchev–Trinajstić information content (AvgIpc) is 3.17. The highest BCUT2D eigenvalue weighted by Crippen LogP contribution is 2.30. The van der Waals surface area contributed by atoms with E-state index in [9.17, 15) is 9.59 Å². The van der Waals surface area contributed by atoms with E-state index in [2.05, 4.69) is 15.1 Å². The van der Waals surface area contributed by atoms with E-state index in [4.69, 9.17) is 27.7 Å². The van der Waals surface area contributed by atoms with Crippen molar-refractivity contribution < 1.29 is 4.52 Å². The molecule has 0 fully saturated rings. The van der Waals surface area contributed by atoms with Crippen LogP contribution < -0.4 is 11.1 Å². The first-order valence-corrected chi connectivity index (χ1v) is 8.72. The Morgan fingerprint density at radius 3 is 2.68 bits per heavy atom. The first kappa shape index (κ1) is 16.1. The molecular weight excluding hydrogens is 385 g/mol. The number of aromatic amines is 2. The number of nitrogens with zero attached hydrogens (tertiary/aromatic N) is 1. The largest absolute Gasteiger partial charge is 0.378 e. The molecule has 0 unspecified atom stereocenters. The van der Waals surface area contributed by atoms with Crippen LogP contribution in [0, 0.1) is 0 Å². The number of halogens is 2. The predicted molar refractivity (Wildman–Crippen MR) is 97.8 cm³/mol. The molecule has 1 aromatic carbocycles. The van der Waals surface area contributed by atoms with Gasteiger partial charge in [-0.05, 0) is 23.8 Å².